The predicted octanol–water partition coefficient (Wildman–Crippen LogP) is 6.96. The molecule has 5 aromatic rings. The van der Waals surface area contributed by atoms with Crippen LogP contribution in [-0.2, 0) is 32.3 Å². The molecule has 0 saturated heterocycles. The Bertz CT molecular complexity index is 1900. The van der Waals surface area contributed by atoms with Crippen molar-refractivity contribution in [3.05, 3.63) is 76.7 Å². The van der Waals surface area contributed by atoms with E-state index < -0.39 is 27.7 Å². The predicted molar refractivity (Wildman–Crippen MR) is 162 cm³/mol. The fraction of sp³-hybridized carbons (Fsp3) is 0.107. The lowest BCUT2D eigenvalue weighted by molar-refractivity contribution is -0.137. The topological polar surface area (TPSA) is 146 Å². The molecule has 13 heteroatoms. The Labute approximate surface area is 250 Å². The maximum atomic E-state index is 11.8. The third-order valence-corrected chi connectivity index (χ3v) is 12.2. The molecule has 5 rings (SSSR count). The van der Waals surface area contributed by atoms with Gasteiger partial charge >= 0.3 is 17.9 Å². The number of thiophene rings is 4. The molecule has 0 fully saturated rings. The zero-order valence-corrected chi connectivity index (χ0v) is 25.2. The summed E-state index contributed by atoms with van der Waals surface area (Å²) in [6.07, 6.45) is 0.738. The minimum atomic E-state index is -3.35. The molecule has 8 nitrogen and oxygen atoms in total. The Balaban J connectivity index is 1.54. The molecule has 0 bridgehead atoms. The van der Waals surface area contributed by atoms with E-state index in [-0.39, 0.29) is 22.6 Å². The highest BCUT2D eigenvalue weighted by Gasteiger charge is 2.21. The van der Waals surface area contributed by atoms with E-state index in [1.807, 2.05) is 12.1 Å². The molecule has 0 saturated carbocycles. The van der Waals surface area contributed by atoms with Crippen molar-refractivity contribution in [2.24, 2.45) is 0 Å². The van der Waals surface area contributed by atoms with Crippen molar-refractivity contribution in [2.45, 2.75) is 17.7 Å². The van der Waals surface area contributed by atoms with Crippen LogP contribution in [0, 0.1) is 0 Å². The van der Waals surface area contributed by atoms with Crippen LogP contribution < -0.4 is 0 Å². The molecule has 1 aromatic carbocycles. The number of hydrogen-bond donors (Lipinski definition) is 3. The van der Waals surface area contributed by atoms with E-state index >= 15 is 0 Å². The fourth-order valence-corrected chi connectivity index (χ4v) is 9.38. The van der Waals surface area contributed by atoms with Gasteiger partial charge in [-0.2, -0.15) is 0 Å². The molecule has 210 valence electrons. The summed E-state index contributed by atoms with van der Waals surface area (Å²) in [6.45, 7) is 0. The Morgan fingerprint density at radius 1 is 0.634 bits per heavy atom. The van der Waals surface area contributed by atoms with Crippen LogP contribution in [0.25, 0.3) is 39.7 Å². The number of sulfone groups is 1. The maximum Gasteiger partial charge on any atom is 0.345 e. The molecule has 0 radical (unpaired) electrons. The number of carbonyl (C=O) groups is 3. The van der Waals surface area contributed by atoms with Crippen LogP contribution in [-0.4, -0.2) is 47.9 Å². The Morgan fingerprint density at radius 2 is 1.15 bits per heavy atom. The normalized spacial score (nSPS) is 11.5. The van der Waals surface area contributed by atoms with Gasteiger partial charge in [-0.05, 0) is 65.2 Å². The summed E-state index contributed by atoms with van der Waals surface area (Å²) in [6, 6.07) is 17.0. The van der Waals surface area contributed by atoms with Crippen molar-refractivity contribution in [2.75, 3.05) is 6.26 Å². The molecular formula is C28H20O8S5. The average molecular weight is 645 g/mol. The lowest BCUT2D eigenvalue weighted by Crippen LogP contribution is -1.99. The largest absolute Gasteiger partial charge is 0.481 e. The summed E-state index contributed by atoms with van der Waals surface area (Å²) in [5.41, 5.74) is 2.00. The van der Waals surface area contributed by atoms with Crippen molar-refractivity contribution < 1.29 is 38.1 Å². The van der Waals surface area contributed by atoms with Gasteiger partial charge in [-0.15, -0.1) is 45.3 Å². The Morgan fingerprint density at radius 3 is 1.63 bits per heavy atom. The molecule has 0 aliphatic carbocycles. The number of hydrogen-bond acceptors (Lipinski definition) is 9. The van der Waals surface area contributed by atoms with Gasteiger partial charge in [-0.25, -0.2) is 13.2 Å². The SMILES string of the molecule is CS(=O)(=O)c1ccc(-c2cc(CC(=O)O)c(-c3ccc(-c4sc(-c5ccc(C(=O)O)s5)cc4CC(=O)O)s3)s2)cc1. The van der Waals surface area contributed by atoms with Crippen LogP contribution in [0.3, 0.4) is 0 Å². The van der Waals surface area contributed by atoms with Crippen LogP contribution in [0.2, 0.25) is 0 Å². The first-order chi connectivity index (χ1) is 19.4. The minimum Gasteiger partial charge on any atom is -0.481 e. The maximum absolute atomic E-state index is 11.8. The van der Waals surface area contributed by atoms with Crippen LogP contribution in [0.1, 0.15) is 20.8 Å². The van der Waals surface area contributed by atoms with E-state index in [2.05, 4.69) is 0 Å². The van der Waals surface area contributed by atoms with Gasteiger partial charge in [0.15, 0.2) is 9.84 Å². The minimum absolute atomic E-state index is 0.193. The summed E-state index contributed by atoms with van der Waals surface area (Å²) < 4.78 is 23.7. The number of rotatable bonds is 10. The number of aliphatic carboxylic acids is 2. The van der Waals surface area contributed by atoms with Crippen LogP contribution in [0.4, 0.5) is 0 Å². The van der Waals surface area contributed by atoms with E-state index in [1.54, 1.807) is 30.3 Å². The molecule has 4 aromatic heterocycles. The van der Waals surface area contributed by atoms with Gasteiger partial charge in [-0.1, -0.05) is 12.1 Å². The number of carboxylic acid groups (broad SMARTS) is 3. The number of benzene rings is 1. The first-order valence-corrected chi connectivity index (χ1v) is 17.0. The highest BCUT2D eigenvalue weighted by molar-refractivity contribution is 7.90. The van der Waals surface area contributed by atoms with Crippen LogP contribution in [0.5, 0.6) is 0 Å². The molecular weight excluding hydrogens is 625 g/mol. The summed E-state index contributed by atoms with van der Waals surface area (Å²) >= 11 is 5.33. The third-order valence-electron chi connectivity index (χ3n) is 5.98. The van der Waals surface area contributed by atoms with Crippen molar-refractivity contribution in [3.63, 3.8) is 0 Å². The van der Waals surface area contributed by atoms with Gasteiger partial charge in [0.1, 0.15) is 4.88 Å². The third kappa shape index (κ3) is 6.34. The second-order valence-corrected chi connectivity index (χ2v) is 15.3. The molecule has 4 heterocycles. The van der Waals surface area contributed by atoms with Gasteiger partial charge in [0, 0.05) is 40.4 Å². The van der Waals surface area contributed by atoms with Crippen molar-refractivity contribution >= 4 is 73.1 Å². The monoisotopic (exact) mass is 644 g/mol. The zero-order chi connectivity index (χ0) is 29.5. The van der Waals surface area contributed by atoms with Crippen LogP contribution >= 0.6 is 45.3 Å². The molecule has 0 aliphatic rings. The second-order valence-electron chi connectivity index (χ2n) is 9.00. The van der Waals surface area contributed by atoms with Gasteiger partial charge < -0.3 is 15.3 Å². The van der Waals surface area contributed by atoms with E-state index in [0.717, 1.165) is 57.3 Å². The van der Waals surface area contributed by atoms with Crippen molar-refractivity contribution in [1.29, 1.82) is 0 Å². The summed E-state index contributed by atoms with van der Waals surface area (Å²) in [7, 11) is -3.35. The zero-order valence-electron chi connectivity index (χ0n) is 21.1. The number of carboxylic acids is 3. The standard InChI is InChI=1S/C28H20O8S5/c1-41(35,36)17-4-2-14(3-5-17)22-10-15(12-24(29)30)26(39-22)19-7-8-20(38-19)27-16(13-25(31)32)11-23(40-27)18-6-9-21(37-18)28(33)34/h2-11H,12-13H2,1H3,(H,29,30)(H,31,32)(H,33,34). The average Bonchev–Trinajstić information content (AvgIpc) is 3.68. The van der Waals surface area contributed by atoms with Gasteiger partial charge in [0.25, 0.3) is 0 Å². The smallest absolute Gasteiger partial charge is 0.345 e. The van der Waals surface area contributed by atoms with E-state index in [0.29, 0.717) is 11.1 Å². The van der Waals surface area contributed by atoms with E-state index in [9.17, 15) is 38.1 Å². The van der Waals surface area contributed by atoms with Crippen LogP contribution in [0.15, 0.2) is 65.6 Å². The first-order valence-electron chi connectivity index (χ1n) is 11.8. The fourth-order valence-electron chi connectivity index (χ4n) is 4.16. The molecule has 0 spiro atoms. The first kappa shape index (κ1) is 28.9. The molecule has 0 aliphatic heterocycles. The highest BCUT2D eigenvalue weighted by atomic mass is 32.2. The molecule has 0 unspecified atom stereocenters. The van der Waals surface area contributed by atoms with E-state index in [4.69, 9.17) is 0 Å². The lowest BCUT2D eigenvalue weighted by atomic mass is 10.1. The van der Waals surface area contributed by atoms with Crippen molar-refractivity contribution in [3.8, 4) is 39.7 Å². The lowest BCUT2D eigenvalue weighted by Gasteiger charge is -2.00. The summed E-state index contributed by atoms with van der Waals surface area (Å²) in [5.74, 6) is -2.99. The van der Waals surface area contributed by atoms with E-state index in [1.165, 1.54) is 52.2 Å². The summed E-state index contributed by atoms with van der Waals surface area (Å²) in [5, 5.41) is 28.3. The molecule has 0 amide bonds. The van der Waals surface area contributed by atoms with Gasteiger partial charge in [0.05, 0.1) is 17.7 Å². The second kappa shape index (κ2) is 11.3. The molecule has 0 atom stereocenters. The number of aromatic carboxylic acids is 1. The van der Waals surface area contributed by atoms with Crippen molar-refractivity contribution in [1.82, 2.24) is 0 Å². The quantitative estimate of drug-likeness (QED) is 0.148. The highest BCUT2D eigenvalue weighted by Crippen LogP contribution is 2.47. The Kier molecular flexibility index (Phi) is 7.99. The summed E-state index contributed by atoms with van der Waals surface area (Å²) in [4.78, 5) is 40.5. The van der Waals surface area contributed by atoms with Gasteiger partial charge in [0.2, 0.25) is 0 Å². The Hall–Kier alpha value is -3.62. The molecule has 3 N–H and O–H groups in total. The van der Waals surface area contributed by atoms with Gasteiger partial charge in [-0.3, -0.25) is 9.59 Å². The molecule has 41 heavy (non-hydrogen) atoms.